The summed E-state index contributed by atoms with van der Waals surface area (Å²) in [7, 11) is 0. The molecule has 1 heterocycles. The number of hydrogen-bond donors (Lipinski definition) is 1. The first-order chi connectivity index (χ1) is 8.97. The summed E-state index contributed by atoms with van der Waals surface area (Å²) in [5.74, 6) is 0. The van der Waals surface area contributed by atoms with Crippen molar-refractivity contribution in [3.05, 3.63) is 34.9 Å². The number of rotatable bonds is 0. The van der Waals surface area contributed by atoms with Crippen LogP contribution in [-0.2, 0) is 17.3 Å². The predicted molar refractivity (Wildman–Crippen MR) is 62.7 cm³/mol. The van der Waals surface area contributed by atoms with Crippen molar-refractivity contribution in [2.75, 3.05) is 6.54 Å². The van der Waals surface area contributed by atoms with E-state index in [1.54, 1.807) is 6.07 Å². The van der Waals surface area contributed by atoms with E-state index in [2.05, 4.69) is 5.32 Å². The molecule has 2 aliphatic carbocycles. The van der Waals surface area contributed by atoms with E-state index >= 15 is 0 Å². The van der Waals surface area contributed by atoms with E-state index in [9.17, 15) is 13.2 Å². The van der Waals surface area contributed by atoms with Crippen molar-refractivity contribution in [2.45, 2.75) is 43.2 Å². The smallest absolute Gasteiger partial charge is 0.368 e. The van der Waals surface area contributed by atoms with Gasteiger partial charge in [-0.15, -0.1) is 0 Å². The Kier molecular flexibility index (Phi) is 2.17. The third kappa shape index (κ3) is 1.79. The van der Waals surface area contributed by atoms with Gasteiger partial charge in [0.2, 0.25) is 0 Å². The first kappa shape index (κ1) is 11.7. The van der Waals surface area contributed by atoms with E-state index in [0.29, 0.717) is 6.42 Å². The largest absolute Gasteiger partial charge is 0.416 e. The number of morpholine rings is 1. The van der Waals surface area contributed by atoms with Gasteiger partial charge in [0.1, 0.15) is 0 Å². The lowest BCUT2D eigenvalue weighted by molar-refractivity contribution is -0.137. The zero-order valence-electron chi connectivity index (χ0n) is 10.3. The second kappa shape index (κ2) is 3.52. The number of fused-ring (bicyclic) bond motifs is 3. The highest BCUT2D eigenvalue weighted by Crippen LogP contribution is 2.48. The number of nitrogens with one attached hydrogen (secondary N) is 1. The van der Waals surface area contributed by atoms with Crippen LogP contribution in [0.25, 0.3) is 0 Å². The number of hydrogen-bond acceptors (Lipinski definition) is 2. The maximum Gasteiger partial charge on any atom is 0.416 e. The second-order valence-electron chi connectivity index (χ2n) is 5.81. The Morgan fingerprint density at radius 3 is 2.74 bits per heavy atom. The normalized spacial score (nSPS) is 31.1. The predicted octanol–water partition coefficient (Wildman–Crippen LogP) is 2.82. The van der Waals surface area contributed by atoms with Crippen LogP contribution in [0.2, 0.25) is 0 Å². The Bertz CT molecular complexity index is 536. The van der Waals surface area contributed by atoms with Crippen LogP contribution in [0.5, 0.6) is 0 Å². The summed E-state index contributed by atoms with van der Waals surface area (Å²) in [6.07, 6.45) is -1.57. The van der Waals surface area contributed by atoms with Gasteiger partial charge >= 0.3 is 6.18 Å². The molecule has 0 radical (unpaired) electrons. The molecule has 5 heteroatoms. The highest BCUT2D eigenvalue weighted by molar-refractivity contribution is 5.41. The van der Waals surface area contributed by atoms with Gasteiger partial charge in [0.05, 0.1) is 23.3 Å². The van der Waals surface area contributed by atoms with Crippen LogP contribution < -0.4 is 5.32 Å². The van der Waals surface area contributed by atoms with Crippen LogP contribution in [-0.4, -0.2) is 18.2 Å². The Labute approximate surface area is 108 Å². The quantitative estimate of drug-likeness (QED) is 0.782. The number of benzene rings is 1. The highest BCUT2D eigenvalue weighted by Gasteiger charge is 2.52. The molecule has 1 aliphatic heterocycles. The fourth-order valence-electron chi connectivity index (χ4n) is 3.24. The molecule has 1 saturated heterocycles. The minimum atomic E-state index is -4.27. The number of ether oxygens (including phenoxy) is 1. The van der Waals surface area contributed by atoms with E-state index in [1.807, 2.05) is 0 Å². The Balaban J connectivity index is 1.66. The SMILES string of the molecule is FC(F)(F)c1ccc2c(c1)CC1OC3(CC3)CN[C@@H]21. The summed E-state index contributed by atoms with van der Waals surface area (Å²) in [5.41, 5.74) is 1.16. The molecule has 0 aromatic heterocycles. The molecule has 19 heavy (non-hydrogen) atoms. The van der Waals surface area contributed by atoms with Gasteiger partial charge in [-0.05, 0) is 36.1 Å². The molecule has 2 fully saturated rings. The van der Waals surface area contributed by atoms with Crippen LogP contribution in [0, 0.1) is 0 Å². The van der Waals surface area contributed by atoms with Gasteiger partial charge in [-0.25, -0.2) is 0 Å². The van der Waals surface area contributed by atoms with Gasteiger partial charge < -0.3 is 10.1 Å². The number of halogens is 3. The average molecular weight is 269 g/mol. The van der Waals surface area contributed by atoms with Crippen molar-refractivity contribution < 1.29 is 17.9 Å². The molecule has 4 rings (SSSR count). The van der Waals surface area contributed by atoms with Crippen molar-refractivity contribution in [3.63, 3.8) is 0 Å². The molecule has 0 bridgehead atoms. The van der Waals surface area contributed by atoms with Gasteiger partial charge in [0.15, 0.2) is 0 Å². The molecule has 0 amide bonds. The monoisotopic (exact) mass is 269 g/mol. The van der Waals surface area contributed by atoms with Crippen molar-refractivity contribution >= 4 is 0 Å². The molecular weight excluding hydrogens is 255 g/mol. The molecule has 2 atom stereocenters. The van der Waals surface area contributed by atoms with Gasteiger partial charge in [-0.2, -0.15) is 13.2 Å². The van der Waals surface area contributed by atoms with Crippen LogP contribution in [0.3, 0.4) is 0 Å². The molecule has 1 saturated carbocycles. The van der Waals surface area contributed by atoms with Gasteiger partial charge in [-0.1, -0.05) is 6.07 Å². The third-order valence-corrected chi connectivity index (χ3v) is 4.45. The van der Waals surface area contributed by atoms with Crippen LogP contribution in [0.15, 0.2) is 18.2 Å². The zero-order valence-corrected chi connectivity index (χ0v) is 10.3. The summed E-state index contributed by atoms with van der Waals surface area (Å²) in [6.45, 7) is 0.814. The first-order valence-electron chi connectivity index (χ1n) is 6.58. The molecule has 2 nitrogen and oxygen atoms in total. The van der Waals surface area contributed by atoms with E-state index in [4.69, 9.17) is 4.74 Å². The minimum absolute atomic E-state index is 0.00488. The summed E-state index contributed by atoms with van der Waals surface area (Å²) in [6, 6.07) is 4.11. The molecule has 1 unspecified atom stereocenters. The van der Waals surface area contributed by atoms with Crippen molar-refractivity contribution in [2.24, 2.45) is 0 Å². The Hall–Kier alpha value is -1.07. The molecule has 3 aliphatic rings. The first-order valence-corrected chi connectivity index (χ1v) is 6.58. The van der Waals surface area contributed by atoms with Crippen LogP contribution in [0.1, 0.15) is 35.6 Å². The van der Waals surface area contributed by atoms with Crippen molar-refractivity contribution in [1.82, 2.24) is 5.32 Å². The van der Waals surface area contributed by atoms with Gasteiger partial charge in [-0.3, -0.25) is 0 Å². The third-order valence-electron chi connectivity index (χ3n) is 4.45. The van der Waals surface area contributed by atoms with Crippen LogP contribution in [0.4, 0.5) is 13.2 Å². The minimum Gasteiger partial charge on any atom is -0.368 e. The number of alkyl halides is 3. The zero-order chi connectivity index (χ0) is 13.3. The van der Waals surface area contributed by atoms with Crippen LogP contribution >= 0.6 is 0 Å². The maximum absolute atomic E-state index is 12.7. The van der Waals surface area contributed by atoms with Gasteiger partial charge in [0, 0.05) is 13.0 Å². The van der Waals surface area contributed by atoms with Gasteiger partial charge in [0.25, 0.3) is 0 Å². The Morgan fingerprint density at radius 2 is 2.05 bits per heavy atom. The lowest BCUT2D eigenvalue weighted by atomic mass is 10.0. The van der Waals surface area contributed by atoms with E-state index < -0.39 is 11.7 Å². The van der Waals surface area contributed by atoms with E-state index in [0.717, 1.165) is 30.5 Å². The standard InChI is InChI=1S/C14H14F3NO/c15-14(16,17)9-1-2-10-8(5-9)6-11-12(10)18-7-13(19-11)3-4-13/h1-2,5,11-12,18H,3-4,6-7H2/t11?,12-/m0/s1. The molecule has 1 aromatic rings. The molecule has 1 spiro atoms. The van der Waals surface area contributed by atoms with Crippen molar-refractivity contribution in [3.8, 4) is 0 Å². The summed E-state index contributed by atoms with van der Waals surface area (Å²) in [4.78, 5) is 0. The summed E-state index contributed by atoms with van der Waals surface area (Å²) >= 11 is 0. The topological polar surface area (TPSA) is 21.3 Å². The van der Waals surface area contributed by atoms with E-state index in [1.165, 1.54) is 12.1 Å². The molecule has 1 aromatic carbocycles. The maximum atomic E-state index is 12.7. The second-order valence-corrected chi connectivity index (χ2v) is 5.81. The fourth-order valence-corrected chi connectivity index (χ4v) is 3.24. The molecule has 1 N–H and O–H groups in total. The highest BCUT2D eigenvalue weighted by atomic mass is 19.4. The fraction of sp³-hybridized carbons (Fsp3) is 0.571. The average Bonchev–Trinajstić information content (AvgIpc) is 2.99. The van der Waals surface area contributed by atoms with E-state index in [-0.39, 0.29) is 17.7 Å². The molecule has 102 valence electrons. The molecular formula is C14H14F3NO. The Morgan fingerprint density at radius 1 is 1.26 bits per heavy atom. The van der Waals surface area contributed by atoms with Crippen molar-refractivity contribution in [1.29, 1.82) is 0 Å². The lowest BCUT2D eigenvalue weighted by Crippen LogP contribution is -2.46. The lowest BCUT2D eigenvalue weighted by Gasteiger charge is -2.34. The summed E-state index contributed by atoms with van der Waals surface area (Å²) in [5, 5.41) is 3.44. The summed E-state index contributed by atoms with van der Waals surface area (Å²) < 4.78 is 44.2.